The predicted octanol–water partition coefficient (Wildman–Crippen LogP) is 3.18. The van der Waals surface area contributed by atoms with Crippen molar-refractivity contribution < 1.29 is 9.59 Å². The van der Waals surface area contributed by atoms with Crippen molar-refractivity contribution in [2.24, 2.45) is 0 Å². The minimum Gasteiger partial charge on any atom is -0.350 e. The number of hydrogen-bond acceptors (Lipinski definition) is 4. The minimum atomic E-state index is -0.440. The number of carbonyl (C=O) groups is 2. The summed E-state index contributed by atoms with van der Waals surface area (Å²) in [5, 5.41) is 3.34. The number of thioether (sulfide) groups is 1. The molecule has 3 rings (SSSR count). The summed E-state index contributed by atoms with van der Waals surface area (Å²) in [6, 6.07) is 13.4. The Morgan fingerprint density at radius 3 is 2.76 bits per heavy atom. The Morgan fingerprint density at radius 2 is 2.04 bits per heavy atom. The van der Waals surface area contributed by atoms with Crippen molar-refractivity contribution in [2.45, 2.75) is 36.6 Å². The van der Waals surface area contributed by atoms with Crippen LogP contribution in [0.3, 0.4) is 0 Å². The number of aromatic nitrogens is 1. The monoisotopic (exact) mass is 355 g/mol. The SMILES string of the molecule is CCN1C(=O)C(CC(=O)NC(C)c2ccccc2)Sc2ncccc21. The lowest BCUT2D eigenvalue weighted by Crippen LogP contribution is -2.43. The molecule has 1 aromatic carbocycles. The van der Waals surface area contributed by atoms with E-state index in [4.69, 9.17) is 0 Å². The molecule has 0 saturated carbocycles. The lowest BCUT2D eigenvalue weighted by molar-refractivity contribution is -0.125. The average Bonchev–Trinajstić information content (AvgIpc) is 2.63. The Morgan fingerprint density at radius 1 is 1.28 bits per heavy atom. The molecule has 2 aromatic rings. The lowest BCUT2D eigenvalue weighted by atomic mass is 10.1. The molecule has 1 aliphatic heterocycles. The van der Waals surface area contributed by atoms with E-state index in [1.165, 1.54) is 11.8 Å². The molecule has 5 nitrogen and oxygen atoms in total. The van der Waals surface area contributed by atoms with Crippen LogP contribution in [0.25, 0.3) is 0 Å². The molecule has 2 unspecified atom stereocenters. The van der Waals surface area contributed by atoms with Gasteiger partial charge >= 0.3 is 0 Å². The number of anilines is 1. The van der Waals surface area contributed by atoms with E-state index in [0.717, 1.165) is 16.3 Å². The van der Waals surface area contributed by atoms with Gasteiger partial charge in [-0.1, -0.05) is 42.1 Å². The zero-order chi connectivity index (χ0) is 17.8. The number of fused-ring (bicyclic) bond motifs is 1. The quantitative estimate of drug-likeness (QED) is 0.895. The number of hydrogen-bond donors (Lipinski definition) is 1. The molecule has 1 aromatic heterocycles. The van der Waals surface area contributed by atoms with Crippen LogP contribution in [0.4, 0.5) is 5.69 Å². The van der Waals surface area contributed by atoms with E-state index in [2.05, 4.69) is 10.3 Å². The van der Waals surface area contributed by atoms with E-state index in [1.54, 1.807) is 11.1 Å². The molecule has 2 atom stereocenters. The second kappa shape index (κ2) is 7.70. The zero-order valence-corrected chi connectivity index (χ0v) is 15.1. The molecule has 0 radical (unpaired) electrons. The van der Waals surface area contributed by atoms with Gasteiger partial charge in [0.25, 0.3) is 0 Å². The zero-order valence-electron chi connectivity index (χ0n) is 14.3. The van der Waals surface area contributed by atoms with Crippen molar-refractivity contribution in [3.05, 3.63) is 54.2 Å². The van der Waals surface area contributed by atoms with Gasteiger partial charge in [0.2, 0.25) is 11.8 Å². The van der Waals surface area contributed by atoms with E-state index < -0.39 is 5.25 Å². The van der Waals surface area contributed by atoms with Gasteiger partial charge in [-0.2, -0.15) is 0 Å². The molecule has 1 aliphatic rings. The Labute approximate surface area is 151 Å². The van der Waals surface area contributed by atoms with E-state index in [9.17, 15) is 9.59 Å². The van der Waals surface area contributed by atoms with Gasteiger partial charge in [0.05, 0.1) is 17.0 Å². The molecule has 6 heteroatoms. The fourth-order valence-electron chi connectivity index (χ4n) is 2.91. The molecule has 2 heterocycles. The Bertz CT molecular complexity index is 766. The van der Waals surface area contributed by atoms with E-state index >= 15 is 0 Å². The van der Waals surface area contributed by atoms with E-state index in [0.29, 0.717) is 6.54 Å². The number of benzene rings is 1. The Kier molecular flexibility index (Phi) is 5.38. The predicted molar refractivity (Wildman–Crippen MR) is 99.5 cm³/mol. The molecule has 0 spiro atoms. The van der Waals surface area contributed by atoms with Crippen LogP contribution in [0.15, 0.2) is 53.7 Å². The maximum absolute atomic E-state index is 12.7. The van der Waals surface area contributed by atoms with Gasteiger partial charge in [-0.25, -0.2) is 4.98 Å². The van der Waals surface area contributed by atoms with Crippen LogP contribution in [0.1, 0.15) is 31.9 Å². The first kappa shape index (κ1) is 17.5. The molecular weight excluding hydrogens is 334 g/mol. The normalized spacial score (nSPS) is 17.8. The fraction of sp³-hybridized carbons (Fsp3) is 0.316. The lowest BCUT2D eigenvalue weighted by Gasteiger charge is -2.32. The summed E-state index contributed by atoms with van der Waals surface area (Å²) < 4.78 is 0. The molecular formula is C19H21N3O2S. The molecule has 1 N–H and O–H groups in total. The van der Waals surface area contributed by atoms with Crippen LogP contribution >= 0.6 is 11.8 Å². The minimum absolute atomic E-state index is 0.0319. The van der Waals surface area contributed by atoms with Crippen LogP contribution in [0, 0.1) is 0 Å². The first-order valence-electron chi connectivity index (χ1n) is 8.37. The topological polar surface area (TPSA) is 62.3 Å². The van der Waals surface area contributed by atoms with Crippen molar-refractivity contribution in [3.8, 4) is 0 Å². The summed E-state index contributed by atoms with van der Waals surface area (Å²) in [6.45, 7) is 4.44. The second-order valence-electron chi connectivity index (χ2n) is 5.92. The summed E-state index contributed by atoms with van der Waals surface area (Å²) in [5.41, 5.74) is 1.87. The molecule has 2 amide bonds. The number of carbonyl (C=O) groups excluding carboxylic acids is 2. The summed E-state index contributed by atoms with van der Waals surface area (Å²) in [5.74, 6) is -0.159. The number of rotatable bonds is 5. The second-order valence-corrected chi connectivity index (χ2v) is 7.11. The van der Waals surface area contributed by atoms with Gasteiger partial charge in [-0.15, -0.1) is 0 Å². The molecule has 0 fully saturated rings. The van der Waals surface area contributed by atoms with Crippen molar-refractivity contribution in [1.29, 1.82) is 0 Å². The molecule has 0 aliphatic carbocycles. The smallest absolute Gasteiger partial charge is 0.241 e. The van der Waals surface area contributed by atoms with E-state index in [-0.39, 0.29) is 24.3 Å². The van der Waals surface area contributed by atoms with Gasteiger partial charge in [-0.05, 0) is 31.5 Å². The average molecular weight is 355 g/mol. The highest BCUT2D eigenvalue weighted by atomic mass is 32.2. The Hall–Kier alpha value is -2.34. The van der Waals surface area contributed by atoms with E-state index in [1.807, 2.05) is 56.3 Å². The summed E-state index contributed by atoms with van der Waals surface area (Å²) in [6.07, 6.45) is 1.86. The molecule has 25 heavy (non-hydrogen) atoms. The van der Waals surface area contributed by atoms with Gasteiger partial charge in [0.15, 0.2) is 0 Å². The number of nitrogens with zero attached hydrogens (tertiary/aromatic N) is 2. The van der Waals surface area contributed by atoms with Gasteiger partial charge in [0.1, 0.15) is 5.03 Å². The van der Waals surface area contributed by atoms with Crippen molar-refractivity contribution in [3.63, 3.8) is 0 Å². The number of nitrogens with one attached hydrogen (secondary N) is 1. The first-order valence-corrected chi connectivity index (χ1v) is 9.25. The van der Waals surface area contributed by atoms with Crippen LogP contribution in [-0.2, 0) is 9.59 Å². The van der Waals surface area contributed by atoms with Crippen LogP contribution in [-0.4, -0.2) is 28.6 Å². The third kappa shape index (κ3) is 3.85. The van der Waals surface area contributed by atoms with Crippen molar-refractivity contribution in [1.82, 2.24) is 10.3 Å². The highest BCUT2D eigenvalue weighted by Gasteiger charge is 2.34. The molecule has 0 bridgehead atoms. The largest absolute Gasteiger partial charge is 0.350 e. The molecule has 130 valence electrons. The van der Waals surface area contributed by atoms with Crippen molar-refractivity contribution in [2.75, 3.05) is 11.4 Å². The Balaban J connectivity index is 1.68. The number of pyridine rings is 1. The molecule has 0 saturated heterocycles. The van der Waals surface area contributed by atoms with Gasteiger partial charge in [0, 0.05) is 19.2 Å². The first-order chi connectivity index (χ1) is 12.1. The highest BCUT2D eigenvalue weighted by Crippen LogP contribution is 2.38. The van der Waals surface area contributed by atoms with Gasteiger partial charge < -0.3 is 10.2 Å². The third-order valence-electron chi connectivity index (χ3n) is 4.20. The maximum Gasteiger partial charge on any atom is 0.241 e. The van der Waals surface area contributed by atoms with Crippen LogP contribution in [0.2, 0.25) is 0 Å². The van der Waals surface area contributed by atoms with Gasteiger partial charge in [-0.3, -0.25) is 9.59 Å². The van der Waals surface area contributed by atoms with Crippen LogP contribution in [0.5, 0.6) is 0 Å². The standard InChI is InChI=1S/C19H21N3O2S/c1-3-22-15-10-7-11-20-18(15)25-16(19(22)24)12-17(23)21-13(2)14-8-5-4-6-9-14/h4-11,13,16H,3,12H2,1-2H3,(H,21,23). The summed E-state index contributed by atoms with van der Waals surface area (Å²) in [4.78, 5) is 31.2. The van der Waals surface area contributed by atoms with Crippen LogP contribution < -0.4 is 10.2 Å². The summed E-state index contributed by atoms with van der Waals surface area (Å²) >= 11 is 1.37. The maximum atomic E-state index is 12.7. The third-order valence-corrected chi connectivity index (χ3v) is 5.39. The summed E-state index contributed by atoms with van der Waals surface area (Å²) in [7, 11) is 0. The highest BCUT2D eigenvalue weighted by molar-refractivity contribution is 8.00. The van der Waals surface area contributed by atoms with Crippen molar-refractivity contribution >= 4 is 29.3 Å². The number of amides is 2. The fourth-order valence-corrected chi connectivity index (χ4v) is 4.06.